The molecule has 0 spiro atoms. The van der Waals surface area contributed by atoms with E-state index in [1.54, 1.807) is 0 Å². The maximum absolute atomic E-state index is 4.23. The zero-order valence-corrected chi connectivity index (χ0v) is 10.1. The highest BCUT2D eigenvalue weighted by atomic mass is 15.1. The van der Waals surface area contributed by atoms with Crippen LogP contribution in [0.25, 0.3) is 0 Å². The smallest absolute Gasteiger partial charge is 0.0530 e. The fourth-order valence-corrected chi connectivity index (χ4v) is 1.29. The summed E-state index contributed by atoms with van der Waals surface area (Å²) >= 11 is 0. The lowest BCUT2D eigenvalue weighted by molar-refractivity contribution is 0.425. The molecule has 0 saturated carbocycles. The van der Waals surface area contributed by atoms with Crippen LogP contribution >= 0.6 is 0 Å². The van der Waals surface area contributed by atoms with Crippen molar-refractivity contribution in [2.45, 2.75) is 19.8 Å². The third-order valence-electron chi connectivity index (χ3n) is 2.31. The minimum absolute atomic E-state index is 0.535. The van der Waals surface area contributed by atoms with Crippen molar-refractivity contribution in [2.75, 3.05) is 32.5 Å². The molecule has 0 amide bonds. The van der Waals surface area contributed by atoms with Gasteiger partial charge < -0.3 is 10.2 Å². The average Bonchev–Trinajstić information content (AvgIpc) is 2.17. The summed E-state index contributed by atoms with van der Waals surface area (Å²) in [6.07, 6.45) is 3.81. The molecule has 1 aromatic heterocycles. The van der Waals surface area contributed by atoms with Gasteiger partial charge in [-0.25, -0.2) is 0 Å². The van der Waals surface area contributed by atoms with Crippen molar-refractivity contribution in [3.05, 3.63) is 24.0 Å². The fraction of sp³-hybridized carbons (Fsp3) is 0.583. The zero-order chi connectivity index (χ0) is 11.3. The highest BCUT2D eigenvalue weighted by Gasteiger charge is 2.00. The molecule has 3 heteroatoms. The largest absolute Gasteiger partial charge is 0.383 e. The first-order chi connectivity index (χ1) is 7.09. The number of hydrogen-bond acceptors (Lipinski definition) is 3. The van der Waals surface area contributed by atoms with Crippen LogP contribution in [0, 0.1) is 0 Å². The summed E-state index contributed by atoms with van der Waals surface area (Å²) in [5.41, 5.74) is 2.40. The summed E-state index contributed by atoms with van der Waals surface area (Å²) in [5.74, 6) is 0.535. The Hall–Kier alpha value is -1.09. The van der Waals surface area contributed by atoms with Crippen LogP contribution in [0.5, 0.6) is 0 Å². The second-order valence-electron chi connectivity index (χ2n) is 4.39. The Morgan fingerprint density at radius 3 is 2.67 bits per heavy atom. The number of nitrogens with one attached hydrogen (secondary N) is 1. The number of hydrogen-bond donors (Lipinski definition) is 1. The lowest BCUT2D eigenvalue weighted by atomic mass is 10.1. The van der Waals surface area contributed by atoms with Gasteiger partial charge in [0.1, 0.15) is 0 Å². The van der Waals surface area contributed by atoms with Crippen LogP contribution in [0.3, 0.4) is 0 Å². The number of rotatable bonds is 5. The molecule has 1 heterocycles. The Bertz CT molecular complexity index is 295. The Morgan fingerprint density at radius 1 is 1.33 bits per heavy atom. The van der Waals surface area contributed by atoms with E-state index >= 15 is 0 Å². The Balaban J connectivity index is 2.50. The highest BCUT2D eigenvalue weighted by molar-refractivity contribution is 5.43. The minimum atomic E-state index is 0.535. The molecule has 0 radical (unpaired) electrons. The van der Waals surface area contributed by atoms with Crippen LogP contribution in [-0.2, 0) is 0 Å². The van der Waals surface area contributed by atoms with Gasteiger partial charge in [0.25, 0.3) is 0 Å². The van der Waals surface area contributed by atoms with Gasteiger partial charge >= 0.3 is 0 Å². The third kappa shape index (κ3) is 4.30. The van der Waals surface area contributed by atoms with Crippen molar-refractivity contribution in [1.82, 2.24) is 9.88 Å². The molecule has 0 bridgehead atoms. The first-order valence-electron chi connectivity index (χ1n) is 5.43. The molecule has 1 rings (SSSR count). The van der Waals surface area contributed by atoms with E-state index in [1.165, 1.54) is 5.56 Å². The quantitative estimate of drug-likeness (QED) is 0.802. The van der Waals surface area contributed by atoms with Crippen LogP contribution in [0.15, 0.2) is 18.5 Å². The van der Waals surface area contributed by atoms with E-state index in [9.17, 15) is 0 Å². The Morgan fingerprint density at radius 2 is 2.07 bits per heavy atom. The van der Waals surface area contributed by atoms with Gasteiger partial charge in [-0.05, 0) is 31.6 Å². The lowest BCUT2D eigenvalue weighted by Crippen LogP contribution is -2.20. The molecule has 0 aromatic carbocycles. The predicted molar refractivity (Wildman–Crippen MR) is 65.4 cm³/mol. The fourth-order valence-electron chi connectivity index (χ4n) is 1.29. The highest BCUT2D eigenvalue weighted by Crippen LogP contribution is 2.16. The van der Waals surface area contributed by atoms with Gasteiger partial charge in [0, 0.05) is 25.5 Å². The number of anilines is 1. The second kappa shape index (κ2) is 5.71. The van der Waals surface area contributed by atoms with E-state index in [-0.39, 0.29) is 0 Å². The zero-order valence-electron chi connectivity index (χ0n) is 10.1. The molecule has 3 nitrogen and oxygen atoms in total. The van der Waals surface area contributed by atoms with Crippen molar-refractivity contribution >= 4 is 5.69 Å². The molecular formula is C12H21N3. The summed E-state index contributed by atoms with van der Waals surface area (Å²) in [4.78, 5) is 6.39. The molecule has 0 aliphatic rings. The van der Waals surface area contributed by atoms with E-state index in [1.807, 2.05) is 12.4 Å². The lowest BCUT2D eigenvalue weighted by Gasteiger charge is -2.12. The van der Waals surface area contributed by atoms with Crippen molar-refractivity contribution < 1.29 is 0 Å². The monoisotopic (exact) mass is 207 g/mol. The van der Waals surface area contributed by atoms with E-state index < -0.39 is 0 Å². The summed E-state index contributed by atoms with van der Waals surface area (Å²) in [5, 5.41) is 3.37. The molecule has 15 heavy (non-hydrogen) atoms. The van der Waals surface area contributed by atoms with Crippen LogP contribution in [0.1, 0.15) is 25.3 Å². The summed E-state index contributed by atoms with van der Waals surface area (Å²) in [7, 11) is 4.15. The molecule has 1 aromatic rings. The van der Waals surface area contributed by atoms with E-state index in [2.05, 4.69) is 49.2 Å². The van der Waals surface area contributed by atoms with Crippen molar-refractivity contribution in [3.8, 4) is 0 Å². The summed E-state index contributed by atoms with van der Waals surface area (Å²) in [6.45, 7) is 6.35. The molecule has 1 N–H and O–H groups in total. The van der Waals surface area contributed by atoms with Gasteiger partial charge in [0.2, 0.25) is 0 Å². The normalized spacial score (nSPS) is 11.1. The molecule has 0 fully saturated rings. The Kier molecular flexibility index (Phi) is 4.56. The van der Waals surface area contributed by atoms with Gasteiger partial charge in [-0.2, -0.15) is 0 Å². The number of aromatic nitrogens is 1. The molecule has 0 atom stereocenters. The maximum atomic E-state index is 4.23. The number of pyridine rings is 1. The number of nitrogens with zero attached hydrogens (tertiary/aromatic N) is 2. The van der Waals surface area contributed by atoms with Gasteiger partial charge in [-0.3, -0.25) is 4.98 Å². The predicted octanol–water partition coefficient (Wildman–Crippen LogP) is 2.18. The molecule has 0 saturated heterocycles. The molecule has 84 valence electrons. The summed E-state index contributed by atoms with van der Waals surface area (Å²) < 4.78 is 0. The van der Waals surface area contributed by atoms with Gasteiger partial charge in [-0.1, -0.05) is 13.8 Å². The SMILES string of the molecule is CC(C)c1cncc(NCCN(C)C)c1. The Labute approximate surface area is 92.5 Å². The molecule has 0 aliphatic carbocycles. The first-order valence-corrected chi connectivity index (χ1v) is 5.43. The van der Waals surface area contributed by atoms with E-state index in [0.717, 1.165) is 18.8 Å². The van der Waals surface area contributed by atoms with Crippen LogP contribution in [-0.4, -0.2) is 37.1 Å². The third-order valence-corrected chi connectivity index (χ3v) is 2.31. The number of likely N-dealkylation sites (N-methyl/N-ethyl adjacent to an activating group) is 1. The summed E-state index contributed by atoms with van der Waals surface area (Å²) in [6, 6.07) is 2.17. The maximum Gasteiger partial charge on any atom is 0.0530 e. The van der Waals surface area contributed by atoms with Crippen LogP contribution < -0.4 is 5.32 Å². The van der Waals surface area contributed by atoms with Gasteiger partial charge in [0.05, 0.1) is 5.69 Å². The van der Waals surface area contributed by atoms with Gasteiger partial charge in [-0.15, -0.1) is 0 Å². The van der Waals surface area contributed by atoms with Crippen molar-refractivity contribution in [3.63, 3.8) is 0 Å². The van der Waals surface area contributed by atoms with E-state index in [4.69, 9.17) is 0 Å². The van der Waals surface area contributed by atoms with E-state index in [0.29, 0.717) is 5.92 Å². The molecule has 0 aliphatic heterocycles. The van der Waals surface area contributed by atoms with Crippen LogP contribution in [0.4, 0.5) is 5.69 Å². The topological polar surface area (TPSA) is 28.2 Å². The standard InChI is InChI=1S/C12H21N3/c1-10(2)11-7-12(9-13-8-11)14-5-6-15(3)4/h7-10,14H,5-6H2,1-4H3. The van der Waals surface area contributed by atoms with Gasteiger partial charge in [0.15, 0.2) is 0 Å². The second-order valence-corrected chi connectivity index (χ2v) is 4.39. The first kappa shape index (κ1) is 12.0. The van der Waals surface area contributed by atoms with Crippen LogP contribution in [0.2, 0.25) is 0 Å². The molecule has 0 unspecified atom stereocenters. The molecular weight excluding hydrogens is 186 g/mol. The average molecular weight is 207 g/mol. The van der Waals surface area contributed by atoms with Crippen molar-refractivity contribution in [2.24, 2.45) is 0 Å². The van der Waals surface area contributed by atoms with Crippen molar-refractivity contribution in [1.29, 1.82) is 0 Å². The minimum Gasteiger partial charge on any atom is -0.383 e.